The molecular weight excluding hydrogens is 300 g/mol. The topological polar surface area (TPSA) is 50.7 Å². The Labute approximate surface area is 142 Å². The van der Waals surface area contributed by atoms with Gasteiger partial charge < -0.3 is 4.74 Å². The zero-order valence-corrected chi connectivity index (χ0v) is 13.7. The molecule has 1 amide bonds. The molecule has 0 atom stereocenters. The normalized spacial score (nSPS) is 15.3. The molecule has 1 aliphatic carbocycles. The minimum atomic E-state index is 0.0302. The number of rotatable bonds is 5. The average Bonchev–Trinajstić information content (AvgIpc) is 2.63. The Morgan fingerprint density at radius 3 is 2.54 bits per heavy atom. The number of hydrazone groups is 1. The number of benzene rings is 2. The van der Waals surface area contributed by atoms with Crippen LogP contribution in [0.4, 0.5) is 0 Å². The van der Waals surface area contributed by atoms with Crippen molar-refractivity contribution in [1.82, 2.24) is 5.43 Å². The molecule has 24 heavy (non-hydrogen) atoms. The summed E-state index contributed by atoms with van der Waals surface area (Å²) in [5.41, 5.74) is 3.54. The summed E-state index contributed by atoms with van der Waals surface area (Å²) in [5, 5.41) is 4.08. The second-order valence-electron chi connectivity index (χ2n) is 6.06. The summed E-state index contributed by atoms with van der Waals surface area (Å²) in [7, 11) is 0. The first kappa shape index (κ1) is 16.2. The molecule has 124 valence electrons. The van der Waals surface area contributed by atoms with Crippen LogP contribution in [0.5, 0.6) is 11.5 Å². The number of carbonyl (C=O) groups is 1. The Hall–Kier alpha value is -2.62. The van der Waals surface area contributed by atoms with Crippen molar-refractivity contribution in [2.24, 2.45) is 11.0 Å². The molecule has 0 bridgehead atoms. The number of nitrogens with one attached hydrogen (secondary N) is 1. The highest BCUT2D eigenvalue weighted by atomic mass is 16.5. The zero-order chi connectivity index (χ0) is 16.6. The Bertz CT molecular complexity index is 692. The summed E-state index contributed by atoms with van der Waals surface area (Å²) in [6, 6.07) is 17.2. The van der Waals surface area contributed by atoms with E-state index in [1.165, 1.54) is 6.42 Å². The van der Waals surface area contributed by atoms with Crippen LogP contribution in [0, 0.1) is 5.92 Å². The van der Waals surface area contributed by atoms with Crippen LogP contribution >= 0.6 is 0 Å². The SMILES string of the molecule is O=C(N/N=C/c1cccc(Oc2ccccc2)c1)C1CCCCC1. The lowest BCUT2D eigenvalue weighted by molar-refractivity contribution is -0.125. The van der Waals surface area contributed by atoms with Gasteiger partial charge >= 0.3 is 0 Å². The highest BCUT2D eigenvalue weighted by molar-refractivity contribution is 5.83. The molecule has 1 fully saturated rings. The van der Waals surface area contributed by atoms with E-state index in [1.54, 1.807) is 6.21 Å². The van der Waals surface area contributed by atoms with Crippen LogP contribution in [0.25, 0.3) is 0 Å². The van der Waals surface area contributed by atoms with E-state index in [4.69, 9.17) is 4.74 Å². The summed E-state index contributed by atoms with van der Waals surface area (Å²) in [6.07, 6.45) is 7.12. The number of para-hydroxylation sites is 1. The van der Waals surface area contributed by atoms with E-state index >= 15 is 0 Å². The number of carbonyl (C=O) groups excluding carboxylic acids is 1. The summed E-state index contributed by atoms with van der Waals surface area (Å²) in [6.45, 7) is 0. The fraction of sp³-hybridized carbons (Fsp3) is 0.300. The van der Waals surface area contributed by atoms with Gasteiger partial charge in [-0.3, -0.25) is 4.79 Å². The van der Waals surface area contributed by atoms with Crippen LogP contribution < -0.4 is 10.2 Å². The molecule has 1 aliphatic rings. The summed E-state index contributed by atoms with van der Waals surface area (Å²) < 4.78 is 5.79. The van der Waals surface area contributed by atoms with Gasteiger partial charge in [-0.05, 0) is 42.7 Å². The Morgan fingerprint density at radius 2 is 1.75 bits per heavy atom. The Morgan fingerprint density at radius 1 is 1.00 bits per heavy atom. The first-order valence-electron chi connectivity index (χ1n) is 8.47. The van der Waals surface area contributed by atoms with Crippen molar-refractivity contribution >= 4 is 12.1 Å². The molecule has 4 nitrogen and oxygen atoms in total. The number of hydrogen-bond acceptors (Lipinski definition) is 3. The quantitative estimate of drug-likeness (QED) is 0.650. The number of amides is 1. The van der Waals surface area contributed by atoms with Gasteiger partial charge in [-0.1, -0.05) is 49.6 Å². The van der Waals surface area contributed by atoms with Crippen molar-refractivity contribution in [3.05, 3.63) is 60.2 Å². The van der Waals surface area contributed by atoms with Crippen LogP contribution in [0.1, 0.15) is 37.7 Å². The number of ether oxygens (including phenoxy) is 1. The number of hydrogen-bond donors (Lipinski definition) is 1. The van der Waals surface area contributed by atoms with E-state index < -0.39 is 0 Å². The largest absolute Gasteiger partial charge is 0.457 e. The Balaban J connectivity index is 1.56. The lowest BCUT2D eigenvalue weighted by Crippen LogP contribution is -2.28. The van der Waals surface area contributed by atoms with E-state index in [0.29, 0.717) is 0 Å². The van der Waals surface area contributed by atoms with E-state index in [1.807, 2.05) is 54.6 Å². The molecule has 0 unspecified atom stereocenters. The summed E-state index contributed by atoms with van der Waals surface area (Å²) >= 11 is 0. The van der Waals surface area contributed by atoms with Gasteiger partial charge in [0.15, 0.2) is 0 Å². The summed E-state index contributed by atoms with van der Waals surface area (Å²) in [5.74, 6) is 1.67. The van der Waals surface area contributed by atoms with Crippen molar-refractivity contribution in [3.8, 4) is 11.5 Å². The molecule has 3 rings (SSSR count). The van der Waals surface area contributed by atoms with Gasteiger partial charge in [-0.2, -0.15) is 5.10 Å². The molecule has 0 radical (unpaired) electrons. The smallest absolute Gasteiger partial charge is 0.243 e. The predicted molar refractivity (Wildman–Crippen MR) is 95.3 cm³/mol. The standard InChI is InChI=1S/C20H22N2O2/c23-20(17-9-3-1-4-10-17)22-21-15-16-8-7-13-19(14-16)24-18-11-5-2-6-12-18/h2,5-8,11-15,17H,1,3-4,9-10H2,(H,22,23)/b21-15+. The van der Waals surface area contributed by atoms with Gasteiger partial charge in [-0.25, -0.2) is 5.43 Å². The van der Waals surface area contributed by atoms with Gasteiger partial charge in [0.25, 0.3) is 0 Å². The molecule has 0 heterocycles. The lowest BCUT2D eigenvalue weighted by atomic mass is 9.89. The second kappa shape index (κ2) is 8.29. The Kier molecular flexibility index (Phi) is 5.61. The maximum atomic E-state index is 12.0. The van der Waals surface area contributed by atoms with Gasteiger partial charge in [-0.15, -0.1) is 0 Å². The van der Waals surface area contributed by atoms with E-state index in [9.17, 15) is 4.79 Å². The fourth-order valence-corrected chi connectivity index (χ4v) is 2.91. The lowest BCUT2D eigenvalue weighted by Gasteiger charge is -2.19. The third-order valence-electron chi connectivity index (χ3n) is 4.20. The highest BCUT2D eigenvalue weighted by Gasteiger charge is 2.20. The summed E-state index contributed by atoms with van der Waals surface area (Å²) in [4.78, 5) is 12.0. The van der Waals surface area contributed by atoms with E-state index in [-0.39, 0.29) is 11.8 Å². The van der Waals surface area contributed by atoms with Crippen LogP contribution in [-0.2, 0) is 4.79 Å². The monoisotopic (exact) mass is 322 g/mol. The maximum absolute atomic E-state index is 12.0. The first-order valence-corrected chi connectivity index (χ1v) is 8.47. The maximum Gasteiger partial charge on any atom is 0.243 e. The highest BCUT2D eigenvalue weighted by Crippen LogP contribution is 2.23. The molecular formula is C20H22N2O2. The minimum absolute atomic E-state index is 0.0302. The van der Waals surface area contributed by atoms with Crippen LogP contribution in [0.2, 0.25) is 0 Å². The van der Waals surface area contributed by atoms with Crippen molar-refractivity contribution in [3.63, 3.8) is 0 Å². The van der Waals surface area contributed by atoms with E-state index in [0.717, 1.165) is 42.7 Å². The predicted octanol–water partition coefficient (Wildman–Crippen LogP) is 4.51. The first-order chi connectivity index (χ1) is 11.8. The average molecular weight is 322 g/mol. The fourth-order valence-electron chi connectivity index (χ4n) is 2.91. The molecule has 4 heteroatoms. The van der Waals surface area contributed by atoms with Gasteiger partial charge in [0, 0.05) is 5.92 Å². The molecule has 0 aliphatic heterocycles. The molecule has 0 saturated heterocycles. The molecule has 1 N–H and O–H groups in total. The van der Waals surface area contributed by atoms with Crippen LogP contribution in [0.3, 0.4) is 0 Å². The third-order valence-corrected chi connectivity index (χ3v) is 4.20. The van der Waals surface area contributed by atoms with Crippen molar-refractivity contribution in [2.75, 3.05) is 0 Å². The molecule has 0 aromatic heterocycles. The zero-order valence-electron chi connectivity index (χ0n) is 13.7. The van der Waals surface area contributed by atoms with Gasteiger partial charge in [0.2, 0.25) is 5.91 Å². The van der Waals surface area contributed by atoms with Gasteiger partial charge in [0.05, 0.1) is 6.21 Å². The molecule has 1 saturated carbocycles. The molecule has 2 aromatic carbocycles. The molecule has 2 aromatic rings. The number of nitrogens with zero attached hydrogens (tertiary/aromatic N) is 1. The van der Waals surface area contributed by atoms with Gasteiger partial charge in [0.1, 0.15) is 11.5 Å². The van der Waals surface area contributed by atoms with Crippen molar-refractivity contribution < 1.29 is 9.53 Å². The second-order valence-corrected chi connectivity index (χ2v) is 6.06. The minimum Gasteiger partial charge on any atom is -0.457 e. The van der Waals surface area contributed by atoms with E-state index in [2.05, 4.69) is 10.5 Å². The van der Waals surface area contributed by atoms with Crippen LogP contribution in [-0.4, -0.2) is 12.1 Å². The van der Waals surface area contributed by atoms with Crippen LogP contribution in [0.15, 0.2) is 59.7 Å². The third kappa shape index (κ3) is 4.69. The van der Waals surface area contributed by atoms with Crippen molar-refractivity contribution in [1.29, 1.82) is 0 Å². The van der Waals surface area contributed by atoms with Crippen molar-refractivity contribution in [2.45, 2.75) is 32.1 Å². The molecule has 0 spiro atoms.